The topological polar surface area (TPSA) is 61.8 Å². The summed E-state index contributed by atoms with van der Waals surface area (Å²) in [5.41, 5.74) is 4.84. The summed E-state index contributed by atoms with van der Waals surface area (Å²) in [5, 5.41) is 11.8. The number of hydrogen-bond acceptors (Lipinski definition) is 4. The number of halogens is 3. The number of benzene rings is 1. The first-order chi connectivity index (χ1) is 9.82. The van der Waals surface area contributed by atoms with Gasteiger partial charge in [-0.25, -0.2) is 0 Å². The average molecular weight is 319 g/mol. The van der Waals surface area contributed by atoms with E-state index in [-0.39, 0.29) is 5.56 Å². The van der Waals surface area contributed by atoms with Crippen LogP contribution in [0.5, 0.6) is 0 Å². The van der Waals surface area contributed by atoms with E-state index >= 15 is 0 Å². The van der Waals surface area contributed by atoms with Crippen LogP contribution in [0, 0.1) is 0 Å². The van der Waals surface area contributed by atoms with Gasteiger partial charge in [0.05, 0.1) is 5.56 Å². The minimum atomic E-state index is -4.55. The maximum Gasteiger partial charge on any atom is 0.417 e. The van der Waals surface area contributed by atoms with Crippen LogP contribution in [0.3, 0.4) is 0 Å². The van der Waals surface area contributed by atoms with Crippen LogP contribution < -0.4 is 10.6 Å². The molecule has 1 heterocycles. The summed E-state index contributed by atoms with van der Waals surface area (Å²) < 4.78 is 38.9. The van der Waals surface area contributed by atoms with Gasteiger partial charge in [0.15, 0.2) is 5.84 Å². The molecule has 1 unspecified atom stereocenters. The van der Waals surface area contributed by atoms with Crippen LogP contribution in [0.1, 0.15) is 18.1 Å². The van der Waals surface area contributed by atoms with Gasteiger partial charge in [-0.1, -0.05) is 12.1 Å². The van der Waals surface area contributed by atoms with Gasteiger partial charge in [-0.3, -0.25) is 0 Å². The molecule has 0 aromatic heterocycles. The molecule has 1 atom stereocenters. The van der Waals surface area contributed by atoms with Crippen LogP contribution in [-0.2, 0) is 6.18 Å². The van der Waals surface area contributed by atoms with E-state index in [1.165, 1.54) is 12.1 Å². The van der Waals surface area contributed by atoms with Gasteiger partial charge in [-0.15, -0.1) is 0 Å². The smallest absolute Gasteiger partial charge is 0.409 e. The molecule has 0 aliphatic carbocycles. The number of hydrogen-bond donors (Lipinski definition) is 2. The molecule has 1 aromatic carbocycles. The van der Waals surface area contributed by atoms with Crippen molar-refractivity contribution < 1.29 is 18.4 Å². The summed E-state index contributed by atoms with van der Waals surface area (Å²) in [7, 11) is 0. The summed E-state index contributed by atoms with van der Waals surface area (Å²) in [6.45, 7) is 3.59. The highest BCUT2D eigenvalue weighted by molar-refractivity contribution is 8.00. The third-order valence-electron chi connectivity index (χ3n) is 3.30. The van der Waals surface area contributed by atoms with E-state index in [4.69, 9.17) is 10.9 Å². The molecule has 116 valence electrons. The Balaban J connectivity index is 2.42. The number of nitrogens with zero attached hydrogens (tertiary/aromatic N) is 2. The van der Waals surface area contributed by atoms with Gasteiger partial charge in [0.25, 0.3) is 0 Å². The summed E-state index contributed by atoms with van der Waals surface area (Å²) in [4.78, 5) is 2.01. The Morgan fingerprint density at radius 3 is 2.76 bits per heavy atom. The largest absolute Gasteiger partial charge is 0.417 e. The number of oxime groups is 1. The van der Waals surface area contributed by atoms with Crippen LogP contribution in [0.2, 0.25) is 0 Å². The number of anilines is 1. The molecule has 21 heavy (non-hydrogen) atoms. The van der Waals surface area contributed by atoms with Crippen molar-refractivity contribution in [1.29, 1.82) is 0 Å². The van der Waals surface area contributed by atoms with E-state index in [9.17, 15) is 13.2 Å². The lowest BCUT2D eigenvalue weighted by atomic mass is 10.0. The fourth-order valence-electron chi connectivity index (χ4n) is 2.29. The molecule has 0 radical (unpaired) electrons. The van der Waals surface area contributed by atoms with Gasteiger partial charge in [0.1, 0.15) is 0 Å². The molecular formula is C13H16F3N3OS. The van der Waals surface area contributed by atoms with Crippen LogP contribution in [0.15, 0.2) is 23.4 Å². The fraction of sp³-hybridized carbons (Fsp3) is 0.462. The van der Waals surface area contributed by atoms with Gasteiger partial charge >= 0.3 is 6.18 Å². The highest BCUT2D eigenvalue weighted by Crippen LogP contribution is 2.34. The molecule has 4 nitrogen and oxygen atoms in total. The summed E-state index contributed by atoms with van der Waals surface area (Å²) in [6.07, 6.45) is -4.55. The van der Waals surface area contributed by atoms with Gasteiger partial charge < -0.3 is 15.8 Å². The maximum absolute atomic E-state index is 13.0. The van der Waals surface area contributed by atoms with E-state index in [0.717, 1.165) is 24.9 Å². The molecule has 0 saturated carbocycles. The average Bonchev–Trinajstić information content (AvgIpc) is 2.45. The van der Waals surface area contributed by atoms with Crippen molar-refractivity contribution in [2.75, 3.05) is 23.7 Å². The molecule has 0 amide bonds. The first-order valence-corrected chi connectivity index (χ1v) is 7.43. The summed E-state index contributed by atoms with van der Waals surface area (Å²) in [6, 6.07) is 3.75. The van der Waals surface area contributed by atoms with E-state index in [2.05, 4.69) is 12.1 Å². The van der Waals surface area contributed by atoms with Crippen molar-refractivity contribution in [2.24, 2.45) is 10.9 Å². The Morgan fingerprint density at radius 1 is 1.48 bits per heavy atom. The van der Waals surface area contributed by atoms with Crippen molar-refractivity contribution in [3.05, 3.63) is 29.3 Å². The Kier molecular flexibility index (Phi) is 4.55. The van der Waals surface area contributed by atoms with Gasteiger partial charge in [0.2, 0.25) is 0 Å². The van der Waals surface area contributed by atoms with Crippen molar-refractivity contribution in [3.8, 4) is 0 Å². The lowest BCUT2D eigenvalue weighted by Crippen LogP contribution is -2.36. The lowest BCUT2D eigenvalue weighted by molar-refractivity contribution is -0.137. The molecular weight excluding hydrogens is 303 g/mol. The van der Waals surface area contributed by atoms with Crippen LogP contribution in [0.4, 0.5) is 18.9 Å². The lowest BCUT2D eigenvalue weighted by Gasteiger charge is -2.33. The summed E-state index contributed by atoms with van der Waals surface area (Å²) >= 11 is 1.83. The zero-order valence-electron chi connectivity index (χ0n) is 11.4. The number of thioether (sulfide) groups is 1. The predicted octanol–water partition coefficient (Wildman–Crippen LogP) is 2.74. The highest BCUT2D eigenvalue weighted by atomic mass is 32.2. The van der Waals surface area contributed by atoms with Crippen molar-refractivity contribution in [2.45, 2.75) is 18.3 Å². The molecule has 1 aliphatic heterocycles. The molecule has 8 heteroatoms. The number of alkyl halides is 3. The van der Waals surface area contributed by atoms with E-state index in [1.807, 2.05) is 16.7 Å². The molecule has 3 N–H and O–H groups in total. The van der Waals surface area contributed by atoms with Crippen LogP contribution >= 0.6 is 11.8 Å². The molecule has 2 rings (SSSR count). The minimum absolute atomic E-state index is 0.298. The van der Waals surface area contributed by atoms with E-state index in [1.54, 1.807) is 0 Å². The third-order valence-corrected chi connectivity index (χ3v) is 4.43. The molecule has 1 saturated heterocycles. The molecule has 0 bridgehead atoms. The Labute approximate surface area is 124 Å². The summed E-state index contributed by atoms with van der Waals surface area (Å²) in [5.74, 6) is 0.379. The van der Waals surface area contributed by atoms with Crippen molar-refractivity contribution in [1.82, 2.24) is 0 Å². The van der Waals surface area contributed by atoms with E-state index < -0.39 is 17.6 Å². The molecule has 1 aromatic rings. The fourth-order valence-corrected chi connectivity index (χ4v) is 3.31. The van der Waals surface area contributed by atoms with Crippen molar-refractivity contribution in [3.63, 3.8) is 0 Å². The van der Waals surface area contributed by atoms with Crippen LogP contribution in [-0.4, -0.2) is 35.1 Å². The normalized spacial score (nSPS) is 20.7. The maximum atomic E-state index is 13.0. The SMILES string of the molecule is CC1CN(c2ccc(C(F)(F)F)c(/C(N)=N/O)c2)CCS1. The van der Waals surface area contributed by atoms with Crippen LogP contribution in [0.25, 0.3) is 0 Å². The standard InChI is InChI=1S/C13H16F3N3OS/c1-8-7-19(4-5-21-8)9-2-3-11(13(14,15)16)10(6-9)12(17)18-20/h2-3,6,8,20H,4-5,7H2,1H3,(H2,17,18). The number of rotatable bonds is 2. The molecule has 1 fully saturated rings. The zero-order chi connectivity index (χ0) is 15.6. The first-order valence-electron chi connectivity index (χ1n) is 6.38. The van der Waals surface area contributed by atoms with E-state index in [0.29, 0.717) is 10.9 Å². The first kappa shape index (κ1) is 15.8. The van der Waals surface area contributed by atoms with Crippen molar-refractivity contribution >= 4 is 23.3 Å². The second-order valence-electron chi connectivity index (χ2n) is 4.84. The third kappa shape index (κ3) is 3.55. The highest BCUT2D eigenvalue weighted by Gasteiger charge is 2.35. The van der Waals surface area contributed by atoms with Gasteiger partial charge in [-0.05, 0) is 18.2 Å². The predicted molar refractivity (Wildman–Crippen MR) is 78.1 cm³/mol. The molecule has 0 spiro atoms. The number of amidine groups is 1. The zero-order valence-corrected chi connectivity index (χ0v) is 12.2. The Bertz CT molecular complexity index is 548. The second kappa shape index (κ2) is 6.05. The number of nitrogens with two attached hydrogens (primary N) is 1. The Hall–Kier alpha value is -1.57. The molecule has 1 aliphatic rings. The second-order valence-corrected chi connectivity index (χ2v) is 6.39. The van der Waals surface area contributed by atoms with Gasteiger partial charge in [0, 0.05) is 35.3 Å². The minimum Gasteiger partial charge on any atom is -0.409 e. The van der Waals surface area contributed by atoms with Gasteiger partial charge in [-0.2, -0.15) is 24.9 Å². The monoisotopic (exact) mass is 319 g/mol. The Morgan fingerprint density at radius 2 is 2.19 bits per heavy atom. The quantitative estimate of drug-likeness (QED) is 0.381.